The maximum Gasteiger partial charge on any atom is 0.433 e. The Kier molecular flexibility index (Phi) is 5.37. The highest BCUT2D eigenvalue weighted by Gasteiger charge is 2.64. The van der Waals surface area contributed by atoms with E-state index in [2.05, 4.69) is 6.58 Å². The van der Waals surface area contributed by atoms with Crippen molar-refractivity contribution in [1.29, 1.82) is 0 Å². The van der Waals surface area contributed by atoms with E-state index in [1.807, 2.05) is 23.1 Å². The molecule has 4 amide bonds. The van der Waals surface area contributed by atoms with E-state index in [4.69, 9.17) is 10.2 Å². The van der Waals surface area contributed by atoms with Gasteiger partial charge in [-0.05, 0) is 22.8 Å². The zero-order valence-electron chi connectivity index (χ0n) is 18.4. The van der Waals surface area contributed by atoms with Gasteiger partial charge in [-0.2, -0.15) is 4.90 Å². The number of carbonyl (C=O) groups is 3. The number of hydrogen-bond donors (Lipinski definition) is 2. The average Bonchev–Trinajstić information content (AvgIpc) is 3.42. The summed E-state index contributed by atoms with van der Waals surface area (Å²) >= 11 is 0. The third kappa shape index (κ3) is 3.39. The molecule has 1 aromatic carbocycles. The summed E-state index contributed by atoms with van der Waals surface area (Å²) in [5, 5.41) is 20.4. The highest BCUT2D eigenvalue weighted by Crippen LogP contribution is 2.54. The second-order valence-electron chi connectivity index (χ2n) is 8.79. The number of nitrogens with two attached hydrogens (primary N) is 1. The van der Waals surface area contributed by atoms with Crippen LogP contribution in [-0.2, 0) is 22.7 Å². The maximum atomic E-state index is 13.3. The van der Waals surface area contributed by atoms with Crippen molar-refractivity contribution in [3.63, 3.8) is 0 Å². The molecule has 5 atom stereocenters. The van der Waals surface area contributed by atoms with Crippen molar-refractivity contribution in [1.82, 2.24) is 9.80 Å². The second-order valence-corrected chi connectivity index (χ2v) is 8.79. The Morgan fingerprint density at radius 1 is 1.14 bits per heavy atom. The van der Waals surface area contributed by atoms with E-state index in [0.29, 0.717) is 10.7 Å². The number of imide groups is 3. The molecular weight excluding hydrogens is 456 g/mol. The lowest BCUT2D eigenvalue weighted by Crippen LogP contribution is -2.61. The Bertz CT molecular complexity index is 1280. The Hall–Kier alpha value is -4.09. The van der Waals surface area contributed by atoms with Gasteiger partial charge in [-0.25, -0.2) is 4.79 Å². The summed E-state index contributed by atoms with van der Waals surface area (Å²) in [6.07, 6.45) is 3.57. The van der Waals surface area contributed by atoms with Gasteiger partial charge in [-0.1, -0.05) is 36.4 Å². The molecule has 180 valence electrons. The summed E-state index contributed by atoms with van der Waals surface area (Å²) in [5.74, 6) is -3.58. The van der Waals surface area contributed by atoms with Crippen LogP contribution in [0.3, 0.4) is 0 Å². The summed E-state index contributed by atoms with van der Waals surface area (Å²) in [6, 6.07) is 7.79. The normalized spacial score (nSPS) is 27.6. The van der Waals surface area contributed by atoms with Gasteiger partial charge in [0.05, 0.1) is 31.1 Å². The first kappa shape index (κ1) is 22.7. The van der Waals surface area contributed by atoms with Crippen molar-refractivity contribution in [2.24, 2.45) is 23.5 Å². The Labute approximate surface area is 199 Å². The summed E-state index contributed by atoms with van der Waals surface area (Å²) in [4.78, 5) is 51.2. The SMILES string of the molecule is C=CC1C2C(c3ccc(CO)cc3)=CC(C3C(=O)N(C(N)=O)C(=O)C32)N1Cc1ccc([N+](=O)[O-])o1. The van der Waals surface area contributed by atoms with Crippen LogP contribution in [0.25, 0.3) is 5.57 Å². The molecule has 11 nitrogen and oxygen atoms in total. The number of fused-ring (bicyclic) bond motifs is 1. The van der Waals surface area contributed by atoms with Gasteiger partial charge >= 0.3 is 11.9 Å². The number of furan rings is 1. The number of piperidine rings is 1. The number of hydrogen-bond acceptors (Lipinski definition) is 8. The fourth-order valence-corrected chi connectivity index (χ4v) is 5.68. The lowest BCUT2D eigenvalue weighted by molar-refractivity contribution is -0.402. The molecule has 0 radical (unpaired) electrons. The average molecular weight is 478 g/mol. The predicted octanol–water partition coefficient (Wildman–Crippen LogP) is 1.81. The number of rotatable bonds is 6. The number of likely N-dealkylation sites (tertiary alicyclic amines) is 1. The van der Waals surface area contributed by atoms with Gasteiger partial charge in [0.1, 0.15) is 10.7 Å². The quantitative estimate of drug-likeness (QED) is 0.275. The Morgan fingerprint density at radius 2 is 1.83 bits per heavy atom. The number of benzene rings is 1. The van der Waals surface area contributed by atoms with Crippen LogP contribution in [0.15, 0.2) is 59.5 Å². The Balaban J connectivity index is 1.61. The minimum absolute atomic E-state index is 0.116. The smallest absolute Gasteiger partial charge is 0.404 e. The van der Waals surface area contributed by atoms with Gasteiger partial charge in [0.2, 0.25) is 11.8 Å². The van der Waals surface area contributed by atoms with E-state index >= 15 is 0 Å². The van der Waals surface area contributed by atoms with Crippen LogP contribution in [0.1, 0.15) is 16.9 Å². The van der Waals surface area contributed by atoms with Crippen molar-refractivity contribution in [2.75, 3.05) is 0 Å². The van der Waals surface area contributed by atoms with Crippen LogP contribution in [0, 0.1) is 27.9 Å². The second kappa shape index (κ2) is 8.29. The van der Waals surface area contributed by atoms with Crippen molar-refractivity contribution < 1.29 is 28.8 Å². The third-order valence-electron chi connectivity index (χ3n) is 7.09. The molecule has 3 N–H and O–H groups in total. The van der Waals surface area contributed by atoms with E-state index in [-0.39, 0.29) is 13.2 Å². The molecule has 2 saturated heterocycles. The molecule has 0 saturated carbocycles. The fraction of sp³-hybridized carbons (Fsp3) is 0.292. The molecule has 2 aromatic rings. The van der Waals surface area contributed by atoms with Gasteiger partial charge in [-0.3, -0.25) is 24.6 Å². The monoisotopic (exact) mass is 478 g/mol. The van der Waals surface area contributed by atoms with Crippen LogP contribution < -0.4 is 5.73 Å². The fourth-order valence-electron chi connectivity index (χ4n) is 5.68. The number of aliphatic hydroxyl groups excluding tert-OH is 1. The van der Waals surface area contributed by atoms with Crippen molar-refractivity contribution in [3.8, 4) is 0 Å². The molecule has 0 spiro atoms. The molecule has 4 heterocycles. The molecule has 2 bridgehead atoms. The summed E-state index contributed by atoms with van der Waals surface area (Å²) in [6.45, 7) is 3.96. The van der Waals surface area contributed by atoms with E-state index in [0.717, 1.165) is 16.7 Å². The molecule has 4 aliphatic rings. The molecule has 6 rings (SSSR count). The molecule has 1 aliphatic carbocycles. The van der Waals surface area contributed by atoms with Crippen LogP contribution in [-0.4, -0.2) is 49.8 Å². The molecule has 2 fully saturated rings. The summed E-state index contributed by atoms with van der Waals surface area (Å²) in [7, 11) is 0. The minimum atomic E-state index is -1.12. The lowest BCUT2D eigenvalue weighted by Gasteiger charge is -2.53. The number of urea groups is 1. The summed E-state index contributed by atoms with van der Waals surface area (Å²) in [5.41, 5.74) is 7.73. The molecular formula is C24H22N4O7. The highest BCUT2D eigenvalue weighted by atomic mass is 16.6. The van der Waals surface area contributed by atoms with Crippen LogP contribution in [0.2, 0.25) is 0 Å². The highest BCUT2D eigenvalue weighted by molar-refractivity contribution is 6.17. The van der Waals surface area contributed by atoms with Crippen molar-refractivity contribution in [3.05, 3.63) is 82.1 Å². The standard InChI is InChI=1S/C24H22N4O7/c1-2-16-19-15(13-5-3-12(11-29)4-6-13)9-17(20-21(19)23(31)27(22(20)30)24(25)32)26(16)10-14-7-8-18(35-14)28(33)34/h2-9,16-17,19-21,29H,1,10-11H2,(H2,25,32). The summed E-state index contributed by atoms with van der Waals surface area (Å²) < 4.78 is 5.35. The van der Waals surface area contributed by atoms with Crippen LogP contribution >= 0.6 is 0 Å². The first-order valence-corrected chi connectivity index (χ1v) is 11.0. The first-order chi connectivity index (χ1) is 16.8. The zero-order valence-corrected chi connectivity index (χ0v) is 18.4. The number of aliphatic hydroxyl groups is 1. The number of carbonyl (C=O) groups excluding carboxylic acids is 3. The molecule has 1 aromatic heterocycles. The van der Waals surface area contributed by atoms with Crippen LogP contribution in [0.5, 0.6) is 0 Å². The van der Waals surface area contributed by atoms with E-state index in [9.17, 15) is 29.6 Å². The topological polar surface area (TPSA) is 160 Å². The largest absolute Gasteiger partial charge is 0.433 e. The maximum absolute atomic E-state index is 13.3. The minimum Gasteiger partial charge on any atom is -0.404 e. The molecule has 11 heteroatoms. The van der Waals surface area contributed by atoms with E-state index in [1.54, 1.807) is 18.2 Å². The van der Waals surface area contributed by atoms with Gasteiger partial charge in [-0.15, -0.1) is 6.58 Å². The van der Waals surface area contributed by atoms with Gasteiger partial charge < -0.3 is 15.3 Å². The van der Waals surface area contributed by atoms with E-state index in [1.165, 1.54) is 12.1 Å². The number of amides is 4. The lowest BCUT2D eigenvalue weighted by atomic mass is 9.61. The molecule has 3 aliphatic heterocycles. The van der Waals surface area contributed by atoms with Gasteiger partial charge in [0, 0.05) is 18.0 Å². The van der Waals surface area contributed by atoms with Crippen molar-refractivity contribution in [2.45, 2.75) is 25.2 Å². The first-order valence-electron chi connectivity index (χ1n) is 11.0. The molecule has 5 unspecified atom stereocenters. The van der Waals surface area contributed by atoms with E-state index < -0.39 is 58.5 Å². The van der Waals surface area contributed by atoms with Gasteiger partial charge in [0.15, 0.2) is 0 Å². The van der Waals surface area contributed by atoms with Crippen molar-refractivity contribution >= 4 is 29.3 Å². The number of primary amides is 1. The predicted molar refractivity (Wildman–Crippen MR) is 121 cm³/mol. The number of nitro groups is 1. The Morgan fingerprint density at radius 3 is 2.40 bits per heavy atom. The van der Waals surface area contributed by atoms with Gasteiger partial charge in [0.25, 0.3) is 0 Å². The zero-order chi connectivity index (χ0) is 25.0. The number of nitrogens with zero attached hydrogens (tertiary/aromatic N) is 3. The molecule has 35 heavy (non-hydrogen) atoms. The van der Waals surface area contributed by atoms with Crippen LogP contribution in [0.4, 0.5) is 10.7 Å². The third-order valence-corrected chi connectivity index (χ3v) is 7.09.